The van der Waals surface area contributed by atoms with Gasteiger partial charge < -0.3 is 5.32 Å². The lowest BCUT2D eigenvalue weighted by Crippen LogP contribution is -2.10. The van der Waals surface area contributed by atoms with E-state index in [-0.39, 0.29) is 5.91 Å². The van der Waals surface area contributed by atoms with Crippen LogP contribution in [0.1, 0.15) is 9.67 Å². The molecule has 18 heavy (non-hydrogen) atoms. The molecule has 1 aromatic heterocycles. The second kappa shape index (κ2) is 5.92. The number of rotatable bonds is 2. The summed E-state index contributed by atoms with van der Waals surface area (Å²) < 4.78 is 1.72. The fourth-order valence-electron chi connectivity index (χ4n) is 1.23. The lowest BCUT2D eigenvalue weighted by atomic mass is 10.3. The zero-order valence-corrected chi connectivity index (χ0v) is 14.1. The monoisotopic (exact) mass is 427 g/mol. The van der Waals surface area contributed by atoms with Gasteiger partial charge in [0.2, 0.25) is 0 Å². The van der Waals surface area contributed by atoms with E-state index in [2.05, 4.69) is 37.2 Å². The summed E-state index contributed by atoms with van der Waals surface area (Å²) >= 11 is 19.8. The quantitative estimate of drug-likeness (QED) is 0.639. The SMILES string of the molecule is O=C(Nc1ccc(Cl)cc1Cl)c1cc(Br)c(Br)s1. The van der Waals surface area contributed by atoms with Gasteiger partial charge in [-0.15, -0.1) is 11.3 Å². The van der Waals surface area contributed by atoms with E-state index in [9.17, 15) is 4.79 Å². The van der Waals surface area contributed by atoms with Crippen molar-refractivity contribution in [3.8, 4) is 0 Å². The summed E-state index contributed by atoms with van der Waals surface area (Å²) in [6, 6.07) is 6.66. The molecule has 0 bridgehead atoms. The first kappa shape index (κ1) is 14.3. The predicted octanol–water partition coefficient (Wildman–Crippen LogP) is 5.83. The van der Waals surface area contributed by atoms with Gasteiger partial charge in [-0.1, -0.05) is 23.2 Å². The largest absolute Gasteiger partial charge is 0.320 e. The van der Waals surface area contributed by atoms with Crippen LogP contribution in [0.2, 0.25) is 10.0 Å². The Morgan fingerprint density at radius 1 is 1.22 bits per heavy atom. The Kier molecular flexibility index (Phi) is 4.72. The number of thiophene rings is 1. The maximum absolute atomic E-state index is 12.0. The zero-order valence-electron chi connectivity index (χ0n) is 8.64. The molecule has 1 amide bonds. The molecule has 1 N–H and O–H groups in total. The Balaban J connectivity index is 2.21. The molecule has 0 fully saturated rings. The Labute approximate surface area is 135 Å². The average Bonchev–Trinajstić information content (AvgIpc) is 2.63. The van der Waals surface area contributed by atoms with Crippen LogP contribution in [0.4, 0.5) is 5.69 Å². The van der Waals surface area contributed by atoms with Crippen molar-refractivity contribution in [3.63, 3.8) is 0 Å². The number of nitrogens with one attached hydrogen (secondary N) is 1. The van der Waals surface area contributed by atoms with Crippen LogP contribution in [0.5, 0.6) is 0 Å². The van der Waals surface area contributed by atoms with Crippen LogP contribution in [0.15, 0.2) is 32.5 Å². The van der Waals surface area contributed by atoms with Crippen molar-refractivity contribution >= 4 is 78.0 Å². The van der Waals surface area contributed by atoms with Crippen molar-refractivity contribution in [1.29, 1.82) is 0 Å². The molecule has 1 heterocycles. The van der Waals surface area contributed by atoms with Crippen LogP contribution >= 0.6 is 66.4 Å². The summed E-state index contributed by atoms with van der Waals surface area (Å²) in [6.07, 6.45) is 0. The predicted molar refractivity (Wildman–Crippen MR) is 84.1 cm³/mol. The van der Waals surface area contributed by atoms with Gasteiger partial charge in [0.15, 0.2) is 0 Å². The van der Waals surface area contributed by atoms with Crippen molar-refractivity contribution in [3.05, 3.63) is 47.4 Å². The summed E-state index contributed by atoms with van der Waals surface area (Å²) in [5.41, 5.74) is 0.534. The summed E-state index contributed by atoms with van der Waals surface area (Å²) in [7, 11) is 0. The van der Waals surface area contributed by atoms with Crippen LogP contribution in [0.3, 0.4) is 0 Å². The maximum Gasteiger partial charge on any atom is 0.265 e. The van der Waals surface area contributed by atoms with Gasteiger partial charge >= 0.3 is 0 Å². The molecular weight excluding hydrogens is 425 g/mol. The van der Waals surface area contributed by atoms with Crippen LogP contribution in [-0.4, -0.2) is 5.91 Å². The Morgan fingerprint density at radius 2 is 1.94 bits per heavy atom. The third-order valence-electron chi connectivity index (χ3n) is 2.05. The van der Waals surface area contributed by atoms with E-state index in [1.54, 1.807) is 24.3 Å². The first-order valence-corrected chi connectivity index (χ1v) is 7.84. The van der Waals surface area contributed by atoms with Crippen molar-refractivity contribution in [2.45, 2.75) is 0 Å². The summed E-state index contributed by atoms with van der Waals surface area (Å²) in [6.45, 7) is 0. The third kappa shape index (κ3) is 3.27. The number of carbonyl (C=O) groups is 1. The number of halogens is 4. The molecule has 0 atom stereocenters. The van der Waals surface area contributed by atoms with E-state index in [0.29, 0.717) is 20.6 Å². The van der Waals surface area contributed by atoms with Gasteiger partial charge in [0.25, 0.3) is 5.91 Å². The number of amides is 1. The summed E-state index contributed by atoms with van der Waals surface area (Å²) in [5.74, 6) is -0.212. The van der Waals surface area contributed by atoms with Gasteiger partial charge in [-0.05, 0) is 56.1 Å². The molecule has 0 saturated heterocycles. The highest BCUT2D eigenvalue weighted by atomic mass is 79.9. The van der Waals surface area contributed by atoms with Crippen LogP contribution < -0.4 is 5.32 Å². The van der Waals surface area contributed by atoms with E-state index in [0.717, 1.165) is 8.26 Å². The molecule has 2 nitrogen and oxygen atoms in total. The van der Waals surface area contributed by atoms with Gasteiger partial charge in [-0.3, -0.25) is 4.79 Å². The van der Waals surface area contributed by atoms with E-state index in [4.69, 9.17) is 23.2 Å². The fourth-order valence-corrected chi connectivity index (χ4v) is 3.62. The number of benzene rings is 1. The minimum Gasteiger partial charge on any atom is -0.320 e. The highest BCUT2D eigenvalue weighted by molar-refractivity contribution is 9.13. The highest BCUT2D eigenvalue weighted by Gasteiger charge is 2.13. The van der Waals surface area contributed by atoms with Crippen molar-refractivity contribution < 1.29 is 4.79 Å². The van der Waals surface area contributed by atoms with Crippen LogP contribution in [0, 0.1) is 0 Å². The van der Waals surface area contributed by atoms with E-state index < -0.39 is 0 Å². The van der Waals surface area contributed by atoms with Crippen molar-refractivity contribution in [2.24, 2.45) is 0 Å². The molecule has 0 aliphatic carbocycles. The molecule has 0 spiro atoms. The Bertz CT molecular complexity index is 596. The first-order chi connectivity index (χ1) is 8.47. The minimum absolute atomic E-state index is 0.212. The highest BCUT2D eigenvalue weighted by Crippen LogP contribution is 2.33. The fraction of sp³-hybridized carbons (Fsp3) is 0. The van der Waals surface area contributed by atoms with Crippen molar-refractivity contribution in [1.82, 2.24) is 0 Å². The van der Waals surface area contributed by atoms with E-state index in [1.165, 1.54) is 11.3 Å². The smallest absolute Gasteiger partial charge is 0.265 e. The van der Waals surface area contributed by atoms with Crippen molar-refractivity contribution in [2.75, 3.05) is 5.32 Å². The molecule has 2 aromatic rings. The molecule has 0 aliphatic heterocycles. The molecule has 2 rings (SSSR count). The maximum atomic E-state index is 12.0. The standard InChI is InChI=1S/C11H5Br2Cl2NOS/c12-6-4-9(18-10(6)13)11(17)16-8-2-1-5(14)3-7(8)15/h1-4H,(H,16,17). The molecule has 1 aromatic carbocycles. The minimum atomic E-state index is -0.212. The molecular formula is C11H5Br2Cl2NOS. The Morgan fingerprint density at radius 3 is 2.50 bits per heavy atom. The normalized spacial score (nSPS) is 10.4. The summed E-state index contributed by atoms with van der Waals surface area (Å²) in [4.78, 5) is 12.6. The molecule has 94 valence electrons. The van der Waals surface area contributed by atoms with E-state index in [1.807, 2.05) is 0 Å². The molecule has 0 radical (unpaired) electrons. The average molecular weight is 430 g/mol. The number of anilines is 1. The second-order valence-electron chi connectivity index (χ2n) is 3.31. The van der Waals surface area contributed by atoms with Gasteiger partial charge in [0.05, 0.1) is 19.4 Å². The first-order valence-electron chi connectivity index (χ1n) is 4.68. The molecule has 0 saturated carbocycles. The molecule has 7 heteroatoms. The topological polar surface area (TPSA) is 29.1 Å². The zero-order chi connectivity index (χ0) is 13.3. The van der Waals surface area contributed by atoms with E-state index >= 15 is 0 Å². The number of hydrogen-bond donors (Lipinski definition) is 1. The van der Waals surface area contributed by atoms with Gasteiger partial charge in [-0.2, -0.15) is 0 Å². The number of carbonyl (C=O) groups excluding carboxylic acids is 1. The van der Waals surface area contributed by atoms with Gasteiger partial charge in [0, 0.05) is 9.50 Å². The summed E-state index contributed by atoms with van der Waals surface area (Å²) in [5, 5.41) is 3.67. The van der Waals surface area contributed by atoms with Gasteiger partial charge in [-0.25, -0.2) is 0 Å². The number of hydrogen-bond acceptors (Lipinski definition) is 2. The lowest BCUT2D eigenvalue weighted by molar-refractivity contribution is 0.103. The molecule has 0 aliphatic rings. The van der Waals surface area contributed by atoms with Gasteiger partial charge in [0.1, 0.15) is 0 Å². The van der Waals surface area contributed by atoms with Crippen LogP contribution in [-0.2, 0) is 0 Å². The Hall–Kier alpha value is -0.0700. The third-order valence-corrected chi connectivity index (χ3v) is 5.85. The molecule has 0 unspecified atom stereocenters. The van der Waals surface area contributed by atoms with Crippen LogP contribution in [0.25, 0.3) is 0 Å². The second-order valence-corrected chi connectivity index (χ2v) is 7.38. The lowest BCUT2D eigenvalue weighted by Gasteiger charge is -2.05.